The van der Waals surface area contributed by atoms with Gasteiger partial charge in [-0.1, -0.05) is 23.8 Å². The molecule has 0 saturated heterocycles. The maximum Gasteiger partial charge on any atom is 0.257 e. The molecule has 0 bridgehead atoms. The number of amides is 1. The third kappa shape index (κ3) is 2.59. The Hall–Kier alpha value is -2.10. The fourth-order valence-corrected chi connectivity index (χ4v) is 1.94. The molecule has 0 aliphatic rings. The molecule has 18 heavy (non-hydrogen) atoms. The van der Waals surface area contributed by atoms with E-state index in [0.29, 0.717) is 12.1 Å². The lowest BCUT2D eigenvalue weighted by atomic mass is 10.1. The molecule has 1 aromatic heterocycles. The highest BCUT2D eigenvalue weighted by Gasteiger charge is 2.13. The van der Waals surface area contributed by atoms with Crippen LogP contribution in [0.3, 0.4) is 0 Å². The molecular weight excluding hydrogens is 226 g/mol. The lowest BCUT2D eigenvalue weighted by Gasteiger charge is -2.18. The zero-order valence-electron chi connectivity index (χ0n) is 10.9. The van der Waals surface area contributed by atoms with Crippen molar-refractivity contribution in [1.82, 2.24) is 15.1 Å². The first-order chi connectivity index (χ1) is 8.58. The number of benzene rings is 1. The highest BCUT2D eigenvalue weighted by atomic mass is 16.2. The van der Waals surface area contributed by atoms with Gasteiger partial charge >= 0.3 is 0 Å². The summed E-state index contributed by atoms with van der Waals surface area (Å²) in [5.74, 6) is -0.0243. The van der Waals surface area contributed by atoms with E-state index in [-0.39, 0.29) is 5.91 Å². The molecule has 94 valence electrons. The van der Waals surface area contributed by atoms with Gasteiger partial charge in [-0.25, -0.2) is 0 Å². The van der Waals surface area contributed by atoms with Crippen molar-refractivity contribution in [3.8, 4) is 0 Å². The van der Waals surface area contributed by atoms with Gasteiger partial charge in [0, 0.05) is 19.8 Å². The first kappa shape index (κ1) is 12.4. The Kier molecular flexibility index (Phi) is 3.46. The van der Waals surface area contributed by atoms with Crippen LogP contribution in [0.25, 0.3) is 0 Å². The highest BCUT2D eigenvalue weighted by Crippen LogP contribution is 2.13. The number of nitrogens with one attached hydrogen (secondary N) is 1. The maximum atomic E-state index is 12.1. The minimum atomic E-state index is -0.0243. The third-order valence-corrected chi connectivity index (χ3v) is 3.00. The number of aromatic nitrogens is 2. The number of carbonyl (C=O) groups excluding carboxylic acids is 1. The molecule has 1 heterocycles. The summed E-state index contributed by atoms with van der Waals surface area (Å²) < 4.78 is 0. The van der Waals surface area contributed by atoms with Crippen molar-refractivity contribution >= 4 is 5.91 Å². The van der Waals surface area contributed by atoms with E-state index in [9.17, 15) is 4.79 Å². The number of carbonyl (C=O) groups is 1. The number of H-pyrrole nitrogens is 1. The molecular formula is C14H17N3O. The van der Waals surface area contributed by atoms with E-state index >= 15 is 0 Å². The van der Waals surface area contributed by atoms with Gasteiger partial charge in [0.2, 0.25) is 0 Å². The Morgan fingerprint density at radius 1 is 1.39 bits per heavy atom. The van der Waals surface area contributed by atoms with E-state index in [0.717, 1.165) is 0 Å². The normalized spacial score (nSPS) is 10.4. The molecule has 0 saturated carbocycles. The molecule has 0 aliphatic heterocycles. The summed E-state index contributed by atoms with van der Waals surface area (Å²) in [6, 6.07) is 6.27. The van der Waals surface area contributed by atoms with Gasteiger partial charge in [0.25, 0.3) is 5.91 Å². The topological polar surface area (TPSA) is 49.0 Å². The molecule has 4 heteroatoms. The molecule has 1 N–H and O–H groups in total. The Balaban J connectivity index is 2.11. The minimum Gasteiger partial charge on any atom is -0.337 e. The van der Waals surface area contributed by atoms with E-state index < -0.39 is 0 Å². The van der Waals surface area contributed by atoms with Crippen molar-refractivity contribution in [3.05, 3.63) is 52.8 Å². The Bertz CT molecular complexity index is 546. The summed E-state index contributed by atoms with van der Waals surface area (Å²) in [6.07, 6.45) is 3.15. The average Bonchev–Trinajstić information content (AvgIpc) is 2.85. The summed E-state index contributed by atoms with van der Waals surface area (Å²) in [5.41, 5.74) is 4.20. The number of aryl methyl sites for hydroxylation is 2. The number of rotatable bonds is 3. The molecule has 0 unspecified atom stereocenters. The fraction of sp³-hybridized carbons (Fsp3) is 0.286. The summed E-state index contributed by atoms with van der Waals surface area (Å²) >= 11 is 0. The summed E-state index contributed by atoms with van der Waals surface area (Å²) in [5, 5.41) is 6.44. The molecule has 4 nitrogen and oxygen atoms in total. The highest BCUT2D eigenvalue weighted by molar-refractivity contribution is 5.93. The van der Waals surface area contributed by atoms with Crippen LogP contribution in [0.2, 0.25) is 0 Å². The van der Waals surface area contributed by atoms with Gasteiger partial charge in [-0.2, -0.15) is 5.10 Å². The van der Waals surface area contributed by atoms with Gasteiger partial charge in [0.1, 0.15) is 0 Å². The Morgan fingerprint density at radius 3 is 2.78 bits per heavy atom. The van der Waals surface area contributed by atoms with Crippen LogP contribution in [0.4, 0.5) is 0 Å². The number of hydrogen-bond acceptors (Lipinski definition) is 2. The second-order valence-electron chi connectivity index (χ2n) is 4.58. The van der Waals surface area contributed by atoms with Crippen molar-refractivity contribution in [3.63, 3.8) is 0 Å². The average molecular weight is 243 g/mol. The van der Waals surface area contributed by atoms with Crippen LogP contribution < -0.4 is 0 Å². The summed E-state index contributed by atoms with van der Waals surface area (Å²) in [6.45, 7) is 4.74. The third-order valence-electron chi connectivity index (χ3n) is 3.00. The number of hydrogen-bond donors (Lipinski definition) is 1. The lowest BCUT2D eigenvalue weighted by molar-refractivity contribution is 0.0785. The summed E-state index contributed by atoms with van der Waals surface area (Å²) in [7, 11) is 1.80. The van der Waals surface area contributed by atoms with E-state index in [1.807, 2.05) is 0 Å². The monoisotopic (exact) mass is 243 g/mol. The Morgan fingerprint density at radius 2 is 2.17 bits per heavy atom. The predicted octanol–water partition coefficient (Wildman–Crippen LogP) is 2.30. The first-order valence-electron chi connectivity index (χ1n) is 5.88. The van der Waals surface area contributed by atoms with Crippen LogP contribution in [-0.4, -0.2) is 28.1 Å². The van der Waals surface area contributed by atoms with Crippen molar-refractivity contribution in [1.29, 1.82) is 0 Å². The molecule has 0 spiro atoms. The molecule has 0 radical (unpaired) electrons. The zero-order chi connectivity index (χ0) is 13.1. The maximum absolute atomic E-state index is 12.1. The van der Waals surface area contributed by atoms with Crippen molar-refractivity contribution in [2.24, 2.45) is 0 Å². The quantitative estimate of drug-likeness (QED) is 0.899. The molecule has 1 amide bonds. The van der Waals surface area contributed by atoms with Crippen LogP contribution in [0, 0.1) is 13.8 Å². The van der Waals surface area contributed by atoms with E-state index in [1.165, 1.54) is 16.7 Å². The van der Waals surface area contributed by atoms with Crippen LogP contribution in [-0.2, 0) is 6.54 Å². The lowest BCUT2D eigenvalue weighted by Crippen LogP contribution is -2.26. The van der Waals surface area contributed by atoms with E-state index in [2.05, 4.69) is 42.2 Å². The fourth-order valence-electron chi connectivity index (χ4n) is 1.94. The largest absolute Gasteiger partial charge is 0.337 e. The van der Waals surface area contributed by atoms with Crippen LogP contribution in [0.1, 0.15) is 27.0 Å². The molecule has 2 aromatic rings. The Labute approximate surface area is 107 Å². The van der Waals surface area contributed by atoms with Gasteiger partial charge in [-0.15, -0.1) is 0 Å². The summed E-state index contributed by atoms with van der Waals surface area (Å²) in [4.78, 5) is 13.8. The molecule has 0 aliphatic carbocycles. The number of nitrogens with zero attached hydrogens (tertiary/aromatic N) is 2. The van der Waals surface area contributed by atoms with Gasteiger partial charge in [0.05, 0.1) is 11.8 Å². The van der Waals surface area contributed by atoms with Gasteiger partial charge in [-0.3, -0.25) is 9.89 Å². The standard InChI is InChI=1S/C14H17N3O/c1-10-4-5-12(11(2)6-10)9-17(3)14(18)13-7-15-16-8-13/h4-8H,9H2,1-3H3,(H,15,16). The van der Waals surface area contributed by atoms with Crippen LogP contribution in [0.5, 0.6) is 0 Å². The van der Waals surface area contributed by atoms with Crippen LogP contribution >= 0.6 is 0 Å². The van der Waals surface area contributed by atoms with Gasteiger partial charge < -0.3 is 4.90 Å². The zero-order valence-corrected chi connectivity index (χ0v) is 10.9. The first-order valence-corrected chi connectivity index (χ1v) is 5.88. The SMILES string of the molecule is Cc1ccc(CN(C)C(=O)c2cn[nH]c2)c(C)c1. The minimum absolute atomic E-state index is 0.0243. The van der Waals surface area contributed by atoms with Gasteiger partial charge in [0.15, 0.2) is 0 Å². The second kappa shape index (κ2) is 5.04. The van der Waals surface area contributed by atoms with Crippen molar-refractivity contribution in [2.75, 3.05) is 7.05 Å². The van der Waals surface area contributed by atoms with Gasteiger partial charge in [-0.05, 0) is 25.0 Å². The van der Waals surface area contributed by atoms with Crippen LogP contribution in [0.15, 0.2) is 30.6 Å². The molecule has 0 fully saturated rings. The van der Waals surface area contributed by atoms with Crippen molar-refractivity contribution < 1.29 is 4.79 Å². The number of aromatic amines is 1. The molecule has 0 atom stereocenters. The van der Waals surface area contributed by atoms with E-state index in [4.69, 9.17) is 0 Å². The second-order valence-corrected chi connectivity index (χ2v) is 4.58. The van der Waals surface area contributed by atoms with E-state index in [1.54, 1.807) is 24.3 Å². The molecule has 2 rings (SSSR count). The predicted molar refractivity (Wildman–Crippen MR) is 70.3 cm³/mol. The smallest absolute Gasteiger partial charge is 0.257 e. The molecule has 1 aromatic carbocycles. The van der Waals surface area contributed by atoms with Crippen molar-refractivity contribution in [2.45, 2.75) is 20.4 Å².